The Hall–Kier alpha value is -0.220. The van der Waals surface area contributed by atoms with Gasteiger partial charge in [-0.2, -0.15) is 11.8 Å². The van der Waals surface area contributed by atoms with Crippen LogP contribution in [0.2, 0.25) is 0 Å². The molecule has 1 atom stereocenters. The molecule has 14 heavy (non-hydrogen) atoms. The van der Waals surface area contributed by atoms with Gasteiger partial charge in [0, 0.05) is 17.8 Å². The van der Waals surface area contributed by atoms with Crippen LogP contribution in [0.4, 0.5) is 0 Å². The third-order valence-electron chi connectivity index (χ3n) is 2.65. The van der Waals surface area contributed by atoms with Crippen molar-refractivity contribution in [2.45, 2.75) is 37.8 Å². The van der Waals surface area contributed by atoms with Crippen molar-refractivity contribution < 1.29 is 4.79 Å². The lowest BCUT2D eigenvalue weighted by Crippen LogP contribution is -2.43. The standard InChI is InChI=1S/C10H18N2OS/c13-10(6-11-8-3-4-8)12-9-2-1-5-14-7-9/h8-9,11H,1-7H2,(H,12,13). The van der Waals surface area contributed by atoms with Crippen molar-refractivity contribution in [3.05, 3.63) is 0 Å². The molecule has 1 aliphatic carbocycles. The minimum atomic E-state index is 0.171. The molecule has 0 radical (unpaired) electrons. The summed E-state index contributed by atoms with van der Waals surface area (Å²) in [5.74, 6) is 2.52. The molecule has 80 valence electrons. The normalized spacial score (nSPS) is 27.3. The smallest absolute Gasteiger partial charge is 0.234 e. The van der Waals surface area contributed by atoms with Gasteiger partial charge in [0.2, 0.25) is 5.91 Å². The SMILES string of the molecule is O=C(CNC1CC1)NC1CCCSC1. The first-order chi connectivity index (χ1) is 6.84. The molecule has 2 fully saturated rings. The molecule has 2 N–H and O–H groups in total. The molecule has 1 heterocycles. The summed E-state index contributed by atoms with van der Waals surface area (Å²) in [7, 11) is 0. The van der Waals surface area contributed by atoms with Gasteiger partial charge in [0.1, 0.15) is 0 Å². The Morgan fingerprint density at radius 1 is 1.29 bits per heavy atom. The van der Waals surface area contributed by atoms with E-state index < -0.39 is 0 Å². The first kappa shape index (κ1) is 10.3. The molecular weight excluding hydrogens is 196 g/mol. The monoisotopic (exact) mass is 214 g/mol. The molecule has 3 nitrogen and oxygen atoms in total. The highest BCUT2D eigenvalue weighted by Crippen LogP contribution is 2.18. The lowest BCUT2D eigenvalue weighted by Gasteiger charge is -2.22. The van der Waals surface area contributed by atoms with Gasteiger partial charge in [0.15, 0.2) is 0 Å². The maximum absolute atomic E-state index is 11.5. The molecule has 2 aliphatic rings. The van der Waals surface area contributed by atoms with E-state index in [4.69, 9.17) is 0 Å². The molecule has 0 bridgehead atoms. The number of thioether (sulfide) groups is 1. The zero-order chi connectivity index (χ0) is 9.80. The highest BCUT2D eigenvalue weighted by Gasteiger charge is 2.22. The molecule has 0 aromatic rings. The summed E-state index contributed by atoms with van der Waals surface area (Å²) in [6.45, 7) is 0.506. The van der Waals surface area contributed by atoms with E-state index in [0.29, 0.717) is 18.6 Å². The summed E-state index contributed by atoms with van der Waals surface area (Å²) in [6, 6.07) is 1.05. The van der Waals surface area contributed by atoms with E-state index >= 15 is 0 Å². The second kappa shape index (κ2) is 5.03. The van der Waals surface area contributed by atoms with E-state index in [2.05, 4.69) is 10.6 Å². The van der Waals surface area contributed by atoms with Crippen molar-refractivity contribution in [1.82, 2.24) is 10.6 Å². The van der Waals surface area contributed by atoms with Crippen LogP contribution >= 0.6 is 11.8 Å². The fourth-order valence-corrected chi connectivity index (χ4v) is 2.73. The summed E-state index contributed by atoms with van der Waals surface area (Å²) >= 11 is 1.95. The number of carbonyl (C=O) groups excluding carboxylic acids is 1. The molecule has 0 spiro atoms. The molecule has 2 rings (SSSR count). The lowest BCUT2D eigenvalue weighted by atomic mass is 10.2. The van der Waals surface area contributed by atoms with Gasteiger partial charge in [-0.25, -0.2) is 0 Å². The van der Waals surface area contributed by atoms with Gasteiger partial charge in [-0.1, -0.05) is 0 Å². The van der Waals surface area contributed by atoms with Gasteiger partial charge >= 0.3 is 0 Å². The number of rotatable bonds is 4. The second-order valence-corrected chi connectivity index (χ2v) is 5.29. The van der Waals surface area contributed by atoms with E-state index in [1.165, 1.54) is 25.0 Å². The van der Waals surface area contributed by atoms with Crippen molar-refractivity contribution in [2.75, 3.05) is 18.1 Å². The van der Waals surface area contributed by atoms with E-state index in [1.807, 2.05) is 11.8 Å². The molecule has 0 aromatic heterocycles. The zero-order valence-electron chi connectivity index (χ0n) is 8.42. The highest BCUT2D eigenvalue weighted by molar-refractivity contribution is 7.99. The van der Waals surface area contributed by atoms with Crippen LogP contribution in [0.15, 0.2) is 0 Å². The van der Waals surface area contributed by atoms with Crippen molar-refractivity contribution in [3.63, 3.8) is 0 Å². The minimum Gasteiger partial charge on any atom is -0.351 e. The quantitative estimate of drug-likeness (QED) is 0.725. The van der Waals surface area contributed by atoms with Gasteiger partial charge in [-0.3, -0.25) is 4.79 Å². The number of carbonyl (C=O) groups is 1. The Morgan fingerprint density at radius 3 is 2.79 bits per heavy atom. The van der Waals surface area contributed by atoms with Crippen LogP contribution in [0.5, 0.6) is 0 Å². The van der Waals surface area contributed by atoms with Crippen LogP contribution in [-0.4, -0.2) is 36.0 Å². The summed E-state index contributed by atoms with van der Waals surface area (Å²) < 4.78 is 0. The Morgan fingerprint density at radius 2 is 2.14 bits per heavy atom. The van der Waals surface area contributed by atoms with E-state index in [1.54, 1.807) is 0 Å². The maximum Gasteiger partial charge on any atom is 0.234 e. The first-order valence-electron chi connectivity index (χ1n) is 5.45. The first-order valence-corrected chi connectivity index (χ1v) is 6.60. The average Bonchev–Trinajstić information content (AvgIpc) is 3.00. The Kier molecular flexibility index (Phi) is 3.70. The Bertz CT molecular complexity index is 200. The summed E-state index contributed by atoms with van der Waals surface area (Å²) in [6.07, 6.45) is 4.88. The highest BCUT2D eigenvalue weighted by atomic mass is 32.2. The lowest BCUT2D eigenvalue weighted by molar-refractivity contribution is -0.120. The molecule has 4 heteroatoms. The van der Waals surface area contributed by atoms with Crippen molar-refractivity contribution in [1.29, 1.82) is 0 Å². The summed E-state index contributed by atoms with van der Waals surface area (Å²) in [4.78, 5) is 11.5. The molecule has 1 unspecified atom stereocenters. The topological polar surface area (TPSA) is 41.1 Å². The van der Waals surface area contributed by atoms with Gasteiger partial charge in [-0.15, -0.1) is 0 Å². The largest absolute Gasteiger partial charge is 0.351 e. The van der Waals surface area contributed by atoms with Crippen molar-refractivity contribution >= 4 is 17.7 Å². The minimum absolute atomic E-state index is 0.171. The zero-order valence-corrected chi connectivity index (χ0v) is 9.24. The van der Waals surface area contributed by atoms with Crippen LogP contribution in [-0.2, 0) is 4.79 Å². The molecule has 1 aliphatic heterocycles. The van der Waals surface area contributed by atoms with Crippen LogP contribution in [0, 0.1) is 0 Å². The predicted molar refractivity (Wildman–Crippen MR) is 59.5 cm³/mol. The average molecular weight is 214 g/mol. The molecular formula is C10H18N2OS. The number of amides is 1. The number of nitrogens with one attached hydrogen (secondary N) is 2. The van der Waals surface area contributed by atoms with Gasteiger partial charge in [0.25, 0.3) is 0 Å². The van der Waals surface area contributed by atoms with Gasteiger partial charge in [0.05, 0.1) is 6.54 Å². The van der Waals surface area contributed by atoms with E-state index in [9.17, 15) is 4.79 Å². The van der Waals surface area contributed by atoms with Crippen molar-refractivity contribution in [2.24, 2.45) is 0 Å². The van der Waals surface area contributed by atoms with Gasteiger partial charge in [-0.05, 0) is 31.4 Å². The van der Waals surface area contributed by atoms with Crippen molar-refractivity contribution in [3.8, 4) is 0 Å². The van der Waals surface area contributed by atoms with Crippen LogP contribution < -0.4 is 10.6 Å². The van der Waals surface area contributed by atoms with E-state index in [0.717, 1.165) is 12.2 Å². The van der Waals surface area contributed by atoms with Crippen LogP contribution in [0.25, 0.3) is 0 Å². The molecule has 1 saturated heterocycles. The number of hydrogen-bond donors (Lipinski definition) is 2. The molecule has 1 saturated carbocycles. The third-order valence-corrected chi connectivity index (χ3v) is 3.87. The fraction of sp³-hybridized carbons (Fsp3) is 0.900. The molecule has 0 aromatic carbocycles. The molecule has 1 amide bonds. The van der Waals surface area contributed by atoms with Gasteiger partial charge < -0.3 is 10.6 Å². The Balaban J connectivity index is 1.59. The Labute approximate surface area is 89.4 Å². The fourth-order valence-electron chi connectivity index (χ4n) is 1.66. The summed E-state index contributed by atoms with van der Waals surface area (Å²) in [5, 5.41) is 6.31. The summed E-state index contributed by atoms with van der Waals surface area (Å²) in [5.41, 5.74) is 0. The predicted octanol–water partition coefficient (Wildman–Crippen LogP) is 0.750. The van der Waals surface area contributed by atoms with E-state index in [-0.39, 0.29) is 5.91 Å². The second-order valence-electron chi connectivity index (χ2n) is 4.14. The maximum atomic E-state index is 11.5. The number of hydrogen-bond acceptors (Lipinski definition) is 3. The third kappa shape index (κ3) is 3.50. The van der Waals surface area contributed by atoms with Crippen LogP contribution in [0.1, 0.15) is 25.7 Å². The van der Waals surface area contributed by atoms with Crippen LogP contribution in [0.3, 0.4) is 0 Å².